The zero-order valence-electron chi connectivity index (χ0n) is 20.4. The molecule has 2 aromatic carbocycles. The lowest BCUT2D eigenvalue weighted by molar-refractivity contribution is -0.178. The first kappa shape index (κ1) is 23.8. The van der Waals surface area contributed by atoms with Crippen LogP contribution < -0.4 is 10.2 Å². The monoisotopic (exact) mass is 505 g/mol. The number of rotatable bonds is 4. The summed E-state index contributed by atoms with van der Waals surface area (Å²) in [4.78, 5) is 17.8. The number of phenols is 1. The summed E-state index contributed by atoms with van der Waals surface area (Å²) in [7, 11) is 0. The number of anilines is 1. The summed E-state index contributed by atoms with van der Waals surface area (Å²) >= 11 is 0. The van der Waals surface area contributed by atoms with Gasteiger partial charge in [0.05, 0.1) is 35.0 Å². The number of carbonyl (C=O) groups excluding carboxylic acids is 1. The van der Waals surface area contributed by atoms with Crippen LogP contribution in [0.3, 0.4) is 0 Å². The van der Waals surface area contributed by atoms with Crippen molar-refractivity contribution in [3.05, 3.63) is 72.4 Å². The first-order valence-corrected chi connectivity index (χ1v) is 12.6. The molecule has 0 bridgehead atoms. The predicted octanol–water partition coefficient (Wildman–Crippen LogP) is 3.45. The van der Waals surface area contributed by atoms with E-state index in [2.05, 4.69) is 20.4 Å². The van der Waals surface area contributed by atoms with Gasteiger partial charge in [-0.1, -0.05) is 42.5 Å². The molecule has 0 atom stereocenters. The Morgan fingerprint density at radius 2 is 1.68 bits per heavy atom. The number of piperidine rings is 1. The topological polar surface area (TPSA) is 81.6 Å². The van der Waals surface area contributed by atoms with Gasteiger partial charge in [-0.25, -0.2) is 8.78 Å². The molecule has 0 saturated carbocycles. The second-order valence-electron chi connectivity index (χ2n) is 10.5. The lowest BCUT2D eigenvalue weighted by atomic mass is 9.68. The molecule has 6 rings (SSSR count). The van der Waals surface area contributed by atoms with Crippen LogP contribution in [-0.4, -0.2) is 71.3 Å². The van der Waals surface area contributed by atoms with Crippen LogP contribution in [0.2, 0.25) is 0 Å². The number of aromatic hydroxyl groups is 1. The fourth-order valence-corrected chi connectivity index (χ4v) is 6.13. The van der Waals surface area contributed by atoms with E-state index in [9.17, 15) is 18.7 Å². The normalized spacial score (nSPS) is 21.6. The molecule has 0 unspecified atom stereocenters. The van der Waals surface area contributed by atoms with E-state index in [4.69, 9.17) is 0 Å². The number of carbonyl (C=O) groups is 1. The highest BCUT2D eigenvalue weighted by Gasteiger charge is 2.65. The van der Waals surface area contributed by atoms with Crippen LogP contribution in [0.1, 0.15) is 18.4 Å². The number of para-hydroxylation sites is 1. The standard InChI is InChI=1S/C28H29F2N5O2/c29-28(30)17-31-16-26(28)18-35(19-26)25(37)27(20-6-2-1-3-7-20)10-12-34(13-11-27)21-14-23(33-32-15-21)22-8-4-5-9-24(22)36/h1-9,14-15,31,36H,10-13,16-19H2. The molecular weight excluding hydrogens is 476 g/mol. The molecule has 3 fully saturated rings. The van der Waals surface area contributed by atoms with Gasteiger partial charge in [0.2, 0.25) is 5.91 Å². The molecule has 192 valence electrons. The Labute approximate surface area is 214 Å². The average molecular weight is 506 g/mol. The van der Waals surface area contributed by atoms with Crippen LogP contribution in [0.15, 0.2) is 66.9 Å². The number of hydrogen-bond donors (Lipinski definition) is 2. The number of aromatic nitrogens is 2. The number of phenolic OH excluding ortho intramolecular Hbond substituents is 1. The Morgan fingerprint density at radius 3 is 2.35 bits per heavy atom. The number of likely N-dealkylation sites (tertiary alicyclic amines) is 1. The molecule has 7 nitrogen and oxygen atoms in total. The zero-order valence-corrected chi connectivity index (χ0v) is 20.4. The van der Waals surface area contributed by atoms with E-state index in [0.717, 1.165) is 11.3 Å². The summed E-state index contributed by atoms with van der Waals surface area (Å²) in [6.07, 6.45) is 2.81. The molecule has 0 aliphatic carbocycles. The number of halogens is 2. The van der Waals surface area contributed by atoms with Crippen LogP contribution in [0, 0.1) is 5.41 Å². The average Bonchev–Trinajstić information content (AvgIpc) is 3.23. The Bertz CT molecular complexity index is 1300. The molecular formula is C28H29F2N5O2. The van der Waals surface area contributed by atoms with Crippen LogP contribution in [0.5, 0.6) is 5.75 Å². The Balaban J connectivity index is 1.24. The molecule has 37 heavy (non-hydrogen) atoms. The molecule has 3 aliphatic rings. The van der Waals surface area contributed by atoms with E-state index in [1.54, 1.807) is 29.3 Å². The van der Waals surface area contributed by atoms with Crippen molar-refractivity contribution in [3.8, 4) is 17.0 Å². The lowest BCUT2D eigenvalue weighted by Gasteiger charge is -2.54. The molecule has 3 aromatic rings. The van der Waals surface area contributed by atoms with Gasteiger partial charge in [0.25, 0.3) is 5.92 Å². The fourth-order valence-electron chi connectivity index (χ4n) is 6.13. The highest BCUT2D eigenvalue weighted by Crippen LogP contribution is 2.49. The molecule has 3 saturated heterocycles. The third-order valence-electron chi connectivity index (χ3n) is 8.40. The minimum absolute atomic E-state index is 0.0607. The van der Waals surface area contributed by atoms with Gasteiger partial charge in [-0.15, -0.1) is 0 Å². The molecule has 1 amide bonds. The second kappa shape index (κ2) is 8.76. The van der Waals surface area contributed by atoms with E-state index < -0.39 is 16.8 Å². The summed E-state index contributed by atoms with van der Waals surface area (Å²) in [5.74, 6) is -2.72. The predicted molar refractivity (Wildman–Crippen MR) is 136 cm³/mol. The fraction of sp³-hybridized carbons (Fsp3) is 0.393. The van der Waals surface area contributed by atoms with Crippen molar-refractivity contribution in [3.63, 3.8) is 0 Å². The number of hydrogen-bond acceptors (Lipinski definition) is 6. The van der Waals surface area contributed by atoms with Crippen molar-refractivity contribution in [2.45, 2.75) is 24.2 Å². The summed E-state index contributed by atoms with van der Waals surface area (Å²) < 4.78 is 29.1. The quantitative estimate of drug-likeness (QED) is 0.566. The number of nitrogens with zero attached hydrogens (tertiary/aromatic N) is 4. The third-order valence-corrected chi connectivity index (χ3v) is 8.40. The maximum absolute atomic E-state index is 14.5. The van der Waals surface area contributed by atoms with Gasteiger partial charge in [0.1, 0.15) is 5.75 Å². The molecule has 4 heterocycles. The van der Waals surface area contributed by atoms with Crippen molar-refractivity contribution in [1.82, 2.24) is 20.4 Å². The highest BCUT2D eigenvalue weighted by molar-refractivity contribution is 5.89. The summed E-state index contributed by atoms with van der Waals surface area (Å²) in [5.41, 5.74) is 1.06. The lowest BCUT2D eigenvalue weighted by Crippen LogP contribution is -2.69. The van der Waals surface area contributed by atoms with Gasteiger partial charge in [0, 0.05) is 38.3 Å². The SMILES string of the molecule is O=C(N1CC2(CNCC2(F)F)C1)C1(c2ccccc2)CCN(c2cnnc(-c3ccccc3O)c2)CC1. The van der Waals surface area contributed by atoms with E-state index in [0.29, 0.717) is 37.2 Å². The van der Waals surface area contributed by atoms with Crippen molar-refractivity contribution in [2.75, 3.05) is 44.2 Å². The number of nitrogens with one attached hydrogen (secondary N) is 1. The molecule has 3 aliphatic heterocycles. The van der Waals surface area contributed by atoms with Crippen molar-refractivity contribution in [1.29, 1.82) is 0 Å². The second-order valence-corrected chi connectivity index (χ2v) is 10.5. The summed E-state index contributed by atoms with van der Waals surface area (Å²) in [6.45, 7) is 1.29. The van der Waals surface area contributed by atoms with Gasteiger partial charge in [-0.05, 0) is 36.6 Å². The molecule has 1 spiro atoms. The maximum Gasteiger partial charge on any atom is 0.270 e. The molecule has 0 radical (unpaired) electrons. The first-order chi connectivity index (χ1) is 17.8. The first-order valence-electron chi connectivity index (χ1n) is 12.6. The number of alkyl halides is 2. The molecule has 1 aromatic heterocycles. The van der Waals surface area contributed by atoms with Crippen molar-refractivity contribution in [2.24, 2.45) is 5.41 Å². The van der Waals surface area contributed by atoms with Crippen LogP contribution in [-0.2, 0) is 10.2 Å². The van der Waals surface area contributed by atoms with E-state index >= 15 is 0 Å². The van der Waals surface area contributed by atoms with E-state index in [-0.39, 0.29) is 37.8 Å². The minimum atomic E-state index is -2.80. The van der Waals surface area contributed by atoms with Gasteiger partial charge in [0.15, 0.2) is 0 Å². The number of benzene rings is 2. The maximum atomic E-state index is 14.5. The summed E-state index contributed by atoms with van der Waals surface area (Å²) in [5, 5.41) is 21.4. The Hall–Kier alpha value is -3.59. The largest absolute Gasteiger partial charge is 0.507 e. The van der Waals surface area contributed by atoms with Crippen molar-refractivity contribution < 1.29 is 18.7 Å². The van der Waals surface area contributed by atoms with Crippen LogP contribution in [0.4, 0.5) is 14.5 Å². The minimum Gasteiger partial charge on any atom is -0.507 e. The van der Waals surface area contributed by atoms with E-state index in [1.807, 2.05) is 42.5 Å². The number of amides is 1. The van der Waals surface area contributed by atoms with Gasteiger partial charge >= 0.3 is 0 Å². The Kier molecular flexibility index (Phi) is 5.63. The van der Waals surface area contributed by atoms with Gasteiger partial charge in [-0.3, -0.25) is 4.79 Å². The van der Waals surface area contributed by atoms with E-state index in [1.165, 1.54) is 0 Å². The Morgan fingerprint density at radius 1 is 0.973 bits per heavy atom. The van der Waals surface area contributed by atoms with Gasteiger partial charge in [-0.2, -0.15) is 10.2 Å². The summed E-state index contributed by atoms with van der Waals surface area (Å²) in [6, 6.07) is 18.6. The highest BCUT2D eigenvalue weighted by atomic mass is 19.3. The van der Waals surface area contributed by atoms with Gasteiger partial charge < -0.3 is 20.2 Å². The molecule has 9 heteroatoms. The van der Waals surface area contributed by atoms with Crippen molar-refractivity contribution >= 4 is 11.6 Å². The third kappa shape index (κ3) is 3.83. The van der Waals surface area contributed by atoms with Crippen LogP contribution >= 0.6 is 0 Å². The van der Waals surface area contributed by atoms with Crippen LogP contribution in [0.25, 0.3) is 11.3 Å². The smallest absolute Gasteiger partial charge is 0.270 e. The zero-order chi connectivity index (χ0) is 25.7. The molecule has 2 N–H and O–H groups in total.